The summed E-state index contributed by atoms with van der Waals surface area (Å²) in [6, 6.07) is 4.49. The van der Waals surface area contributed by atoms with E-state index in [1.54, 1.807) is 0 Å². The molecule has 90 valence electrons. The molecule has 0 aliphatic heterocycles. The van der Waals surface area contributed by atoms with Crippen LogP contribution in [0.4, 0.5) is 0 Å². The van der Waals surface area contributed by atoms with Crippen molar-refractivity contribution in [2.75, 3.05) is 0 Å². The summed E-state index contributed by atoms with van der Waals surface area (Å²) in [5.41, 5.74) is 6.40. The zero-order chi connectivity index (χ0) is 12.8. The van der Waals surface area contributed by atoms with Crippen molar-refractivity contribution in [2.45, 2.75) is 33.6 Å². The third-order valence-corrected chi connectivity index (χ3v) is 2.82. The first-order valence-electron chi connectivity index (χ1n) is 6.13. The number of aryl methyl sites for hydroxylation is 2. The molecule has 17 heavy (non-hydrogen) atoms. The van der Waals surface area contributed by atoms with Crippen molar-refractivity contribution in [3.63, 3.8) is 0 Å². The van der Waals surface area contributed by atoms with Crippen LogP contribution in [0.3, 0.4) is 0 Å². The summed E-state index contributed by atoms with van der Waals surface area (Å²) in [5.74, 6) is 0. The van der Waals surface area contributed by atoms with E-state index in [1.165, 1.54) is 22.3 Å². The second-order valence-electron chi connectivity index (χ2n) is 4.49. The van der Waals surface area contributed by atoms with Crippen molar-refractivity contribution >= 4 is 11.6 Å². The Morgan fingerprint density at radius 1 is 1.35 bits per heavy atom. The van der Waals surface area contributed by atoms with Gasteiger partial charge in [-0.1, -0.05) is 48.1 Å². The number of rotatable bonds is 5. The summed E-state index contributed by atoms with van der Waals surface area (Å²) in [4.78, 5) is 0. The van der Waals surface area contributed by atoms with Crippen LogP contribution in [0.25, 0.3) is 11.6 Å². The molecule has 0 aliphatic carbocycles. The highest BCUT2D eigenvalue weighted by molar-refractivity contribution is 5.74. The van der Waals surface area contributed by atoms with Crippen LogP contribution in [0.2, 0.25) is 0 Å². The van der Waals surface area contributed by atoms with Crippen LogP contribution in [-0.4, -0.2) is 0 Å². The number of hydrogen-bond acceptors (Lipinski definition) is 0. The van der Waals surface area contributed by atoms with Crippen LogP contribution in [0.5, 0.6) is 0 Å². The lowest BCUT2D eigenvalue weighted by Crippen LogP contribution is -1.96. The topological polar surface area (TPSA) is 0 Å². The monoisotopic (exact) mass is 226 g/mol. The average molecular weight is 226 g/mol. The molecule has 0 heterocycles. The van der Waals surface area contributed by atoms with E-state index in [0.717, 1.165) is 18.4 Å². The normalized spacial score (nSPS) is 10.8. The quantitative estimate of drug-likeness (QED) is 0.607. The summed E-state index contributed by atoms with van der Waals surface area (Å²) >= 11 is 0. The summed E-state index contributed by atoms with van der Waals surface area (Å²) in [5, 5.41) is 0. The molecule has 0 saturated heterocycles. The van der Waals surface area contributed by atoms with Crippen molar-refractivity contribution in [3.8, 4) is 0 Å². The van der Waals surface area contributed by atoms with E-state index >= 15 is 0 Å². The average Bonchev–Trinajstić information content (AvgIpc) is 2.28. The maximum absolute atomic E-state index is 4.08. The van der Waals surface area contributed by atoms with Crippen LogP contribution < -0.4 is 0 Å². The van der Waals surface area contributed by atoms with Gasteiger partial charge in [0.1, 0.15) is 0 Å². The first kappa shape index (κ1) is 13.5. The Morgan fingerprint density at radius 3 is 2.59 bits per heavy atom. The van der Waals surface area contributed by atoms with Gasteiger partial charge in [-0.2, -0.15) is 0 Å². The molecule has 0 atom stereocenters. The van der Waals surface area contributed by atoms with E-state index in [0.29, 0.717) is 0 Å². The molecule has 0 fully saturated rings. The first-order valence-corrected chi connectivity index (χ1v) is 6.13. The number of allylic oxidation sites excluding steroid dienone is 3. The zero-order valence-electron chi connectivity index (χ0n) is 11.2. The maximum Gasteiger partial charge on any atom is -0.0152 e. The van der Waals surface area contributed by atoms with E-state index in [4.69, 9.17) is 0 Å². The Morgan fingerprint density at radius 2 is 2.06 bits per heavy atom. The second-order valence-corrected chi connectivity index (χ2v) is 4.49. The molecule has 0 saturated carbocycles. The maximum atomic E-state index is 4.08. The minimum atomic E-state index is 1.02. The molecule has 1 aromatic carbocycles. The molecule has 0 unspecified atom stereocenters. The van der Waals surface area contributed by atoms with E-state index in [-0.39, 0.29) is 0 Å². The van der Waals surface area contributed by atoms with Gasteiger partial charge < -0.3 is 0 Å². The van der Waals surface area contributed by atoms with E-state index in [1.807, 2.05) is 6.08 Å². The Kier molecular flexibility index (Phi) is 4.96. The van der Waals surface area contributed by atoms with Crippen molar-refractivity contribution in [2.24, 2.45) is 0 Å². The van der Waals surface area contributed by atoms with Crippen molar-refractivity contribution in [1.29, 1.82) is 0 Å². The van der Waals surface area contributed by atoms with Gasteiger partial charge in [0.15, 0.2) is 0 Å². The van der Waals surface area contributed by atoms with E-state index < -0.39 is 0 Å². The van der Waals surface area contributed by atoms with Crippen LogP contribution in [0.15, 0.2) is 37.4 Å². The Hall–Kier alpha value is -1.56. The summed E-state index contributed by atoms with van der Waals surface area (Å²) < 4.78 is 0. The molecule has 0 N–H and O–H groups in total. The van der Waals surface area contributed by atoms with Gasteiger partial charge in [0, 0.05) is 0 Å². The summed E-state index contributed by atoms with van der Waals surface area (Å²) in [7, 11) is 0. The highest BCUT2D eigenvalue weighted by atomic mass is 14.1. The Bertz CT molecular complexity index is 447. The van der Waals surface area contributed by atoms with E-state index in [9.17, 15) is 0 Å². The van der Waals surface area contributed by atoms with Crippen molar-refractivity contribution in [3.05, 3.63) is 59.7 Å². The van der Waals surface area contributed by atoms with Crippen LogP contribution >= 0.6 is 0 Å². The van der Waals surface area contributed by atoms with Gasteiger partial charge in [0.2, 0.25) is 0 Å². The lowest BCUT2D eigenvalue weighted by molar-refractivity contribution is 0.996. The van der Waals surface area contributed by atoms with Gasteiger partial charge in [-0.15, -0.1) is 6.58 Å². The predicted molar refractivity (Wildman–Crippen MR) is 79.1 cm³/mol. The molecular weight excluding hydrogens is 204 g/mol. The number of hydrogen-bond donors (Lipinski definition) is 0. The largest absolute Gasteiger partial charge is 0.103 e. The van der Waals surface area contributed by atoms with Gasteiger partial charge in [-0.05, 0) is 50.3 Å². The third-order valence-electron chi connectivity index (χ3n) is 2.82. The predicted octanol–water partition coefficient (Wildman–Crippen LogP) is 5.18. The number of benzene rings is 1. The SMILES string of the molecule is C=CCCc1cc(C)cc(C(=C)C)c1C=CC. The summed E-state index contributed by atoms with van der Waals surface area (Å²) in [6.45, 7) is 14.1. The van der Waals surface area contributed by atoms with Crippen LogP contribution in [0, 0.1) is 6.92 Å². The fourth-order valence-electron chi connectivity index (χ4n) is 2.05. The highest BCUT2D eigenvalue weighted by Gasteiger charge is 2.07. The minimum absolute atomic E-state index is 1.02. The third kappa shape index (κ3) is 3.45. The molecule has 0 amide bonds. The summed E-state index contributed by atoms with van der Waals surface area (Å²) in [6.07, 6.45) is 8.31. The van der Waals surface area contributed by atoms with Gasteiger partial charge in [-0.3, -0.25) is 0 Å². The Labute approximate surface area is 105 Å². The molecule has 0 radical (unpaired) electrons. The van der Waals surface area contributed by atoms with Gasteiger partial charge >= 0.3 is 0 Å². The minimum Gasteiger partial charge on any atom is -0.103 e. The Balaban J connectivity index is 3.34. The zero-order valence-corrected chi connectivity index (χ0v) is 11.2. The molecular formula is C17H22. The standard InChI is InChI=1S/C17H22/c1-6-8-10-15-11-14(5)12-17(13(3)4)16(15)9-7-2/h6-7,9,11-12H,1,3,8,10H2,2,4-5H3. The lowest BCUT2D eigenvalue weighted by Gasteiger charge is -2.13. The smallest absolute Gasteiger partial charge is 0.0152 e. The molecule has 0 nitrogen and oxygen atoms in total. The molecule has 0 heteroatoms. The molecule has 0 spiro atoms. The van der Waals surface area contributed by atoms with Gasteiger partial charge in [-0.25, -0.2) is 0 Å². The molecule has 0 aromatic heterocycles. The van der Waals surface area contributed by atoms with Gasteiger partial charge in [0.05, 0.1) is 0 Å². The molecule has 0 aliphatic rings. The fourth-order valence-corrected chi connectivity index (χ4v) is 2.05. The van der Waals surface area contributed by atoms with Gasteiger partial charge in [0.25, 0.3) is 0 Å². The fraction of sp³-hybridized carbons (Fsp3) is 0.294. The van der Waals surface area contributed by atoms with Crippen molar-refractivity contribution < 1.29 is 0 Å². The van der Waals surface area contributed by atoms with Crippen LogP contribution in [-0.2, 0) is 6.42 Å². The van der Waals surface area contributed by atoms with Crippen LogP contribution in [0.1, 0.15) is 42.5 Å². The lowest BCUT2D eigenvalue weighted by atomic mass is 9.92. The molecule has 0 bridgehead atoms. The van der Waals surface area contributed by atoms with E-state index in [2.05, 4.69) is 58.2 Å². The molecule has 1 aromatic rings. The first-order chi connectivity index (χ1) is 8.10. The second kappa shape index (κ2) is 6.24. The molecule has 1 rings (SSSR count). The highest BCUT2D eigenvalue weighted by Crippen LogP contribution is 2.25. The van der Waals surface area contributed by atoms with Crippen molar-refractivity contribution in [1.82, 2.24) is 0 Å².